The number of carbonyl (C=O) groups is 1. The minimum atomic E-state index is -4.37. The lowest BCUT2D eigenvalue weighted by atomic mass is 10.0. The Labute approximate surface area is 90.4 Å². The minimum absolute atomic E-state index is 0.406. The van der Waals surface area contributed by atoms with Crippen LogP contribution in [-0.4, -0.2) is 13.0 Å². The van der Waals surface area contributed by atoms with Crippen molar-refractivity contribution >= 4 is 5.91 Å². The molecule has 0 aliphatic heterocycles. The predicted octanol–water partition coefficient (Wildman–Crippen LogP) is 1.45. The number of halogens is 3. The number of likely N-dealkylation sites (N-methyl/N-ethyl adjacent to an activating group) is 1. The number of nitrogens with two attached hydrogens (primary N) is 1. The Balaban J connectivity index is 2.98. The maximum Gasteiger partial charge on any atom is 0.416 e. The van der Waals surface area contributed by atoms with E-state index < -0.39 is 23.7 Å². The number of carbonyl (C=O) groups excluding carboxylic acids is 1. The molecule has 0 saturated carbocycles. The molecular weight excluding hydrogens is 221 g/mol. The van der Waals surface area contributed by atoms with Crippen LogP contribution in [0.3, 0.4) is 0 Å². The number of benzene rings is 1. The topological polar surface area (TPSA) is 55.1 Å². The maximum atomic E-state index is 12.3. The number of rotatable bonds is 3. The molecule has 0 saturated heterocycles. The van der Waals surface area contributed by atoms with Gasteiger partial charge in [0.1, 0.15) is 6.04 Å². The Morgan fingerprint density at radius 3 is 2.12 bits per heavy atom. The molecule has 3 nitrogen and oxygen atoms in total. The van der Waals surface area contributed by atoms with E-state index in [-0.39, 0.29) is 0 Å². The predicted molar refractivity (Wildman–Crippen MR) is 52.4 cm³/mol. The normalized spacial score (nSPS) is 13.5. The molecule has 0 fully saturated rings. The van der Waals surface area contributed by atoms with Gasteiger partial charge in [-0.15, -0.1) is 0 Å². The lowest BCUT2D eigenvalue weighted by Gasteiger charge is -2.13. The second-order valence-electron chi connectivity index (χ2n) is 3.24. The van der Waals surface area contributed by atoms with Crippen LogP contribution in [0.4, 0.5) is 13.2 Å². The minimum Gasteiger partial charge on any atom is -0.368 e. The number of nitrogens with one attached hydrogen (secondary N) is 1. The fourth-order valence-electron chi connectivity index (χ4n) is 1.34. The molecule has 1 aromatic carbocycles. The SMILES string of the molecule is CNC(C(N)=O)c1ccc(C(F)(F)F)cc1. The third kappa shape index (κ3) is 2.73. The summed E-state index contributed by atoms with van der Waals surface area (Å²) in [6.07, 6.45) is -4.37. The molecule has 0 aromatic heterocycles. The van der Waals surface area contributed by atoms with Crippen LogP contribution in [0.1, 0.15) is 17.2 Å². The summed E-state index contributed by atoms with van der Waals surface area (Å²) in [5.74, 6) is -0.637. The quantitative estimate of drug-likeness (QED) is 0.828. The summed E-state index contributed by atoms with van der Waals surface area (Å²) in [6, 6.07) is 3.52. The van der Waals surface area contributed by atoms with Crippen molar-refractivity contribution in [3.05, 3.63) is 35.4 Å². The molecule has 6 heteroatoms. The highest BCUT2D eigenvalue weighted by atomic mass is 19.4. The van der Waals surface area contributed by atoms with Crippen molar-refractivity contribution in [2.24, 2.45) is 5.73 Å². The van der Waals surface area contributed by atoms with E-state index in [2.05, 4.69) is 5.32 Å². The number of primary amides is 1. The average Bonchev–Trinajstić information content (AvgIpc) is 2.17. The van der Waals surface area contributed by atoms with Gasteiger partial charge < -0.3 is 11.1 Å². The largest absolute Gasteiger partial charge is 0.416 e. The highest BCUT2D eigenvalue weighted by molar-refractivity contribution is 5.81. The van der Waals surface area contributed by atoms with Crippen LogP contribution in [0.15, 0.2) is 24.3 Å². The zero-order chi connectivity index (χ0) is 12.3. The molecule has 88 valence electrons. The van der Waals surface area contributed by atoms with Crippen molar-refractivity contribution in [3.63, 3.8) is 0 Å². The maximum absolute atomic E-state index is 12.3. The first-order valence-corrected chi connectivity index (χ1v) is 4.50. The summed E-state index contributed by atoms with van der Waals surface area (Å²) < 4.78 is 36.8. The standard InChI is InChI=1S/C10H11F3N2O/c1-15-8(9(14)16)6-2-4-7(5-3-6)10(11,12)13/h2-5,8,15H,1H3,(H2,14,16). The lowest BCUT2D eigenvalue weighted by Crippen LogP contribution is -2.31. The summed E-state index contributed by atoms with van der Waals surface area (Å²) in [5, 5.41) is 2.62. The van der Waals surface area contributed by atoms with Crippen LogP contribution in [-0.2, 0) is 11.0 Å². The van der Waals surface area contributed by atoms with Gasteiger partial charge in [-0.25, -0.2) is 0 Å². The van der Waals surface area contributed by atoms with Gasteiger partial charge in [0.15, 0.2) is 0 Å². The Hall–Kier alpha value is -1.56. The number of hydrogen-bond acceptors (Lipinski definition) is 2. The van der Waals surface area contributed by atoms with Crippen LogP contribution in [0, 0.1) is 0 Å². The Kier molecular flexibility index (Phi) is 3.54. The van der Waals surface area contributed by atoms with Crippen molar-refractivity contribution in [2.45, 2.75) is 12.2 Å². The van der Waals surface area contributed by atoms with Crippen LogP contribution in [0.5, 0.6) is 0 Å². The molecule has 0 spiro atoms. The number of hydrogen-bond donors (Lipinski definition) is 2. The molecule has 1 amide bonds. The van der Waals surface area contributed by atoms with E-state index in [0.29, 0.717) is 5.56 Å². The van der Waals surface area contributed by atoms with Gasteiger partial charge in [0.2, 0.25) is 5.91 Å². The lowest BCUT2D eigenvalue weighted by molar-refractivity contribution is -0.137. The number of alkyl halides is 3. The zero-order valence-corrected chi connectivity index (χ0v) is 8.51. The summed E-state index contributed by atoms with van der Waals surface area (Å²) in [4.78, 5) is 11.0. The molecule has 0 radical (unpaired) electrons. The van der Waals surface area contributed by atoms with Crippen molar-refractivity contribution < 1.29 is 18.0 Å². The molecule has 1 unspecified atom stereocenters. The van der Waals surface area contributed by atoms with Gasteiger partial charge in [0, 0.05) is 0 Å². The van der Waals surface area contributed by atoms with Gasteiger partial charge in [0.25, 0.3) is 0 Å². The van der Waals surface area contributed by atoms with E-state index >= 15 is 0 Å². The molecule has 3 N–H and O–H groups in total. The summed E-state index contributed by atoms with van der Waals surface area (Å²) in [5.41, 5.74) is 4.73. The molecule has 0 aliphatic carbocycles. The van der Waals surface area contributed by atoms with E-state index in [1.165, 1.54) is 19.2 Å². The highest BCUT2D eigenvalue weighted by Gasteiger charge is 2.30. The molecule has 0 bridgehead atoms. The first-order chi connectivity index (χ1) is 7.36. The summed E-state index contributed by atoms with van der Waals surface area (Å²) >= 11 is 0. The Morgan fingerprint density at radius 2 is 1.81 bits per heavy atom. The first kappa shape index (κ1) is 12.5. The van der Waals surface area contributed by atoms with Crippen molar-refractivity contribution in [2.75, 3.05) is 7.05 Å². The Morgan fingerprint density at radius 1 is 1.31 bits per heavy atom. The van der Waals surface area contributed by atoms with E-state index in [1.54, 1.807) is 0 Å². The second-order valence-corrected chi connectivity index (χ2v) is 3.24. The molecule has 16 heavy (non-hydrogen) atoms. The van der Waals surface area contributed by atoms with E-state index in [4.69, 9.17) is 5.73 Å². The van der Waals surface area contributed by atoms with Gasteiger partial charge in [0.05, 0.1) is 5.56 Å². The third-order valence-electron chi connectivity index (χ3n) is 2.14. The highest BCUT2D eigenvalue weighted by Crippen LogP contribution is 2.29. The summed E-state index contributed by atoms with van der Waals surface area (Å²) in [7, 11) is 1.51. The van der Waals surface area contributed by atoms with E-state index in [0.717, 1.165) is 12.1 Å². The van der Waals surface area contributed by atoms with Crippen LogP contribution < -0.4 is 11.1 Å². The van der Waals surface area contributed by atoms with Gasteiger partial charge in [-0.2, -0.15) is 13.2 Å². The summed E-state index contributed by atoms with van der Waals surface area (Å²) in [6.45, 7) is 0. The van der Waals surface area contributed by atoms with Gasteiger partial charge in [-0.1, -0.05) is 12.1 Å². The number of amides is 1. The van der Waals surface area contributed by atoms with Gasteiger partial charge in [-0.05, 0) is 24.7 Å². The van der Waals surface area contributed by atoms with Crippen LogP contribution in [0.25, 0.3) is 0 Å². The smallest absolute Gasteiger partial charge is 0.368 e. The Bertz CT molecular complexity index is 373. The van der Waals surface area contributed by atoms with Crippen molar-refractivity contribution in [1.82, 2.24) is 5.32 Å². The van der Waals surface area contributed by atoms with Crippen LogP contribution in [0.2, 0.25) is 0 Å². The molecule has 1 atom stereocenters. The average molecular weight is 232 g/mol. The monoisotopic (exact) mass is 232 g/mol. The van der Waals surface area contributed by atoms with Crippen LogP contribution >= 0.6 is 0 Å². The third-order valence-corrected chi connectivity index (χ3v) is 2.14. The molecule has 1 rings (SSSR count). The van der Waals surface area contributed by atoms with E-state index in [9.17, 15) is 18.0 Å². The fraction of sp³-hybridized carbons (Fsp3) is 0.300. The van der Waals surface area contributed by atoms with Crippen molar-refractivity contribution in [1.29, 1.82) is 0 Å². The zero-order valence-electron chi connectivity index (χ0n) is 8.51. The fourth-order valence-corrected chi connectivity index (χ4v) is 1.34. The molecular formula is C10H11F3N2O. The van der Waals surface area contributed by atoms with Gasteiger partial charge in [-0.3, -0.25) is 4.79 Å². The molecule has 0 aliphatic rings. The van der Waals surface area contributed by atoms with Gasteiger partial charge >= 0.3 is 6.18 Å². The molecule has 0 heterocycles. The second kappa shape index (κ2) is 4.52. The first-order valence-electron chi connectivity index (χ1n) is 4.50. The molecule has 1 aromatic rings. The van der Waals surface area contributed by atoms with Crippen molar-refractivity contribution in [3.8, 4) is 0 Å². The van der Waals surface area contributed by atoms with E-state index in [1.807, 2.05) is 0 Å².